The molecule has 1 fully saturated rings. The van der Waals surface area contributed by atoms with E-state index in [0.717, 1.165) is 38.0 Å². The molecule has 1 amide bonds. The molecule has 156 valence electrons. The Labute approximate surface area is 179 Å². The Kier molecular flexibility index (Phi) is 6.25. The first kappa shape index (κ1) is 20.3. The number of piperidine rings is 1. The summed E-state index contributed by atoms with van der Waals surface area (Å²) in [6.45, 7) is 2.62. The molecule has 0 bridgehead atoms. The van der Waals surface area contributed by atoms with E-state index in [1.54, 1.807) is 12.3 Å². The number of aromatic nitrogens is 2. The number of hydrogen-bond donors (Lipinski definition) is 2. The van der Waals surface area contributed by atoms with E-state index in [-0.39, 0.29) is 11.8 Å². The van der Waals surface area contributed by atoms with E-state index in [0.29, 0.717) is 16.5 Å². The molecule has 3 aromatic rings. The first-order valence-electron chi connectivity index (χ1n) is 9.92. The molecule has 0 radical (unpaired) electrons. The highest BCUT2D eigenvalue weighted by Crippen LogP contribution is 2.27. The molecule has 2 aromatic heterocycles. The Morgan fingerprint density at radius 2 is 2.17 bits per heavy atom. The maximum Gasteiger partial charge on any atom is 0.354 e. The molecule has 2 N–H and O–H groups in total. The number of hydrogen-bond acceptors (Lipinski definition) is 6. The van der Waals surface area contributed by atoms with E-state index in [1.165, 1.54) is 24.0 Å². The van der Waals surface area contributed by atoms with Gasteiger partial charge >= 0.3 is 5.97 Å². The first-order valence-corrected chi connectivity index (χ1v) is 10.8. The molecule has 1 aliphatic heterocycles. The Morgan fingerprint density at radius 3 is 2.97 bits per heavy atom. The van der Waals surface area contributed by atoms with Gasteiger partial charge in [0.15, 0.2) is 5.13 Å². The first-order chi connectivity index (χ1) is 14.6. The van der Waals surface area contributed by atoms with Gasteiger partial charge in [0, 0.05) is 30.2 Å². The zero-order chi connectivity index (χ0) is 20.9. The van der Waals surface area contributed by atoms with E-state index in [4.69, 9.17) is 4.74 Å². The average Bonchev–Trinajstić information content (AvgIpc) is 3.44. The van der Waals surface area contributed by atoms with Crippen LogP contribution in [0, 0.1) is 5.92 Å². The van der Waals surface area contributed by atoms with Gasteiger partial charge in [-0.2, -0.15) is 0 Å². The number of benzene rings is 1. The minimum Gasteiger partial charge on any atom is -0.464 e. The summed E-state index contributed by atoms with van der Waals surface area (Å²) in [6, 6.07) is 12.0. The van der Waals surface area contributed by atoms with Crippen molar-refractivity contribution in [3.05, 3.63) is 59.2 Å². The van der Waals surface area contributed by atoms with Crippen molar-refractivity contribution in [1.82, 2.24) is 14.9 Å². The van der Waals surface area contributed by atoms with Crippen LogP contribution in [-0.2, 0) is 16.1 Å². The lowest BCUT2D eigenvalue weighted by Crippen LogP contribution is -2.40. The minimum atomic E-state index is -0.428. The van der Waals surface area contributed by atoms with Crippen molar-refractivity contribution in [2.45, 2.75) is 19.4 Å². The standard InChI is InChI=1S/C22H24N4O3S/c1-29-21(28)18-10-17(11-23-18)19-14-30-22(24-19)25-20(27)16-8-5-9-26(13-16)12-15-6-3-2-4-7-15/h2-4,6-7,10-11,14,16,23H,5,8-9,12-13H2,1H3,(H,24,25,27). The molecule has 0 saturated carbocycles. The second-order valence-electron chi connectivity index (χ2n) is 7.38. The average molecular weight is 425 g/mol. The lowest BCUT2D eigenvalue weighted by molar-refractivity contribution is -0.121. The van der Waals surface area contributed by atoms with Crippen LogP contribution in [0.3, 0.4) is 0 Å². The number of likely N-dealkylation sites (tertiary alicyclic amines) is 1. The third-order valence-corrected chi connectivity index (χ3v) is 6.00. The van der Waals surface area contributed by atoms with Gasteiger partial charge in [0.05, 0.1) is 18.7 Å². The number of H-pyrrole nitrogens is 1. The predicted molar refractivity (Wildman–Crippen MR) is 116 cm³/mol. The summed E-state index contributed by atoms with van der Waals surface area (Å²) < 4.78 is 4.71. The minimum absolute atomic E-state index is 0.0120. The number of methoxy groups -OCH3 is 1. The summed E-state index contributed by atoms with van der Waals surface area (Å²) in [5.74, 6) is -0.465. The Balaban J connectivity index is 1.36. The summed E-state index contributed by atoms with van der Waals surface area (Å²) >= 11 is 1.38. The number of anilines is 1. The highest BCUT2D eigenvalue weighted by Gasteiger charge is 2.26. The van der Waals surface area contributed by atoms with Gasteiger partial charge in [-0.3, -0.25) is 9.69 Å². The van der Waals surface area contributed by atoms with Crippen molar-refractivity contribution < 1.29 is 14.3 Å². The lowest BCUT2D eigenvalue weighted by Gasteiger charge is -2.31. The quantitative estimate of drug-likeness (QED) is 0.588. The molecule has 1 saturated heterocycles. The molecular weight excluding hydrogens is 400 g/mol. The van der Waals surface area contributed by atoms with Crippen LogP contribution in [-0.4, -0.2) is 46.9 Å². The fourth-order valence-corrected chi connectivity index (χ4v) is 4.42. The number of nitrogens with one attached hydrogen (secondary N) is 2. The number of carbonyl (C=O) groups is 2. The molecule has 4 rings (SSSR count). The molecular formula is C22H24N4O3S. The largest absolute Gasteiger partial charge is 0.464 e. The van der Waals surface area contributed by atoms with Crippen LogP contribution < -0.4 is 5.32 Å². The van der Waals surface area contributed by atoms with E-state index < -0.39 is 5.97 Å². The van der Waals surface area contributed by atoms with Crippen LogP contribution in [0.1, 0.15) is 28.9 Å². The monoisotopic (exact) mass is 424 g/mol. The predicted octanol–water partition coefficient (Wildman–Crippen LogP) is 3.78. The number of esters is 1. The van der Waals surface area contributed by atoms with Crippen molar-refractivity contribution >= 4 is 28.3 Å². The van der Waals surface area contributed by atoms with Crippen LogP contribution >= 0.6 is 11.3 Å². The summed E-state index contributed by atoms with van der Waals surface area (Å²) in [6.07, 6.45) is 3.60. The third-order valence-electron chi connectivity index (χ3n) is 5.24. The van der Waals surface area contributed by atoms with Crippen LogP contribution in [0.2, 0.25) is 0 Å². The van der Waals surface area contributed by atoms with Gasteiger partial charge in [-0.25, -0.2) is 9.78 Å². The molecule has 7 nitrogen and oxygen atoms in total. The van der Waals surface area contributed by atoms with Gasteiger partial charge in [0.25, 0.3) is 0 Å². The number of nitrogens with zero attached hydrogens (tertiary/aromatic N) is 2. The number of carbonyl (C=O) groups excluding carboxylic acids is 2. The van der Waals surface area contributed by atoms with E-state index in [9.17, 15) is 9.59 Å². The van der Waals surface area contributed by atoms with E-state index >= 15 is 0 Å². The summed E-state index contributed by atoms with van der Waals surface area (Å²) in [7, 11) is 1.34. The van der Waals surface area contributed by atoms with Crippen molar-refractivity contribution in [2.24, 2.45) is 5.92 Å². The van der Waals surface area contributed by atoms with Crippen LogP contribution in [0.5, 0.6) is 0 Å². The van der Waals surface area contributed by atoms with Gasteiger partial charge in [-0.15, -0.1) is 11.3 Å². The number of aromatic amines is 1. The normalized spacial score (nSPS) is 16.9. The van der Waals surface area contributed by atoms with E-state index in [2.05, 4.69) is 32.3 Å². The molecule has 30 heavy (non-hydrogen) atoms. The summed E-state index contributed by atoms with van der Waals surface area (Å²) in [4.78, 5) is 34.1. The smallest absolute Gasteiger partial charge is 0.354 e. The van der Waals surface area contributed by atoms with Crippen LogP contribution in [0.15, 0.2) is 48.0 Å². The fourth-order valence-electron chi connectivity index (χ4n) is 3.70. The molecule has 1 aromatic carbocycles. The fraction of sp³-hybridized carbons (Fsp3) is 0.318. The highest BCUT2D eigenvalue weighted by molar-refractivity contribution is 7.14. The SMILES string of the molecule is COC(=O)c1cc(-c2csc(NC(=O)C3CCCN(Cc4ccccc4)C3)n2)c[nH]1. The van der Waals surface area contributed by atoms with Crippen LogP contribution in [0.4, 0.5) is 5.13 Å². The van der Waals surface area contributed by atoms with Gasteiger partial charge in [-0.05, 0) is 31.0 Å². The van der Waals surface area contributed by atoms with Crippen molar-refractivity contribution in [3.8, 4) is 11.3 Å². The molecule has 1 atom stereocenters. The maximum atomic E-state index is 12.8. The molecule has 1 aliphatic rings. The summed E-state index contributed by atoms with van der Waals surface area (Å²) in [5, 5.41) is 5.40. The van der Waals surface area contributed by atoms with Gasteiger partial charge in [-0.1, -0.05) is 30.3 Å². The summed E-state index contributed by atoms with van der Waals surface area (Å²) in [5.41, 5.74) is 3.11. The van der Waals surface area contributed by atoms with Crippen LogP contribution in [0.25, 0.3) is 11.3 Å². The van der Waals surface area contributed by atoms with Crippen molar-refractivity contribution in [2.75, 3.05) is 25.5 Å². The number of thiazole rings is 1. The molecule has 3 heterocycles. The Hall–Kier alpha value is -2.97. The highest BCUT2D eigenvalue weighted by atomic mass is 32.1. The molecule has 0 spiro atoms. The Morgan fingerprint density at radius 1 is 1.33 bits per heavy atom. The number of ether oxygens (including phenoxy) is 1. The number of rotatable bonds is 6. The van der Waals surface area contributed by atoms with E-state index in [1.807, 2.05) is 23.6 Å². The number of amides is 1. The van der Waals surface area contributed by atoms with Gasteiger partial charge in [0.2, 0.25) is 5.91 Å². The topological polar surface area (TPSA) is 87.3 Å². The zero-order valence-corrected chi connectivity index (χ0v) is 17.6. The molecule has 0 aliphatic carbocycles. The van der Waals surface area contributed by atoms with Crippen molar-refractivity contribution in [1.29, 1.82) is 0 Å². The molecule has 1 unspecified atom stereocenters. The van der Waals surface area contributed by atoms with Gasteiger partial charge < -0.3 is 15.0 Å². The van der Waals surface area contributed by atoms with Gasteiger partial charge in [0.1, 0.15) is 5.69 Å². The Bertz CT molecular complexity index is 1010. The zero-order valence-electron chi connectivity index (χ0n) is 16.8. The second kappa shape index (κ2) is 9.23. The lowest BCUT2D eigenvalue weighted by atomic mass is 9.97. The third kappa shape index (κ3) is 4.77. The second-order valence-corrected chi connectivity index (χ2v) is 8.24. The van der Waals surface area contributed by atoms with Crippen molar-refractivity contribution in [3.63, 3.8) is 0 Å². The maximum absolute atomic E-state index is 12.8. The molecule has 8 heteroatoms.